The van der Waals surface area contributed by atoms with Crippen molar-refractivity contribution in [1.82, 2.24) is 4.57 Å². The van der Waals surface area contributed by atoms with Crippen LogP contribution in [0.1, 0.15) is 5.56 Å². The number of rotatable bonds is 2. The molecule has 2 aromatic carbocycles. The number of aryl methyl sites for hydroxylation is 1. The Morgan fingerprint density at radius 2 is 1.74 bits per heavy atom. The van der Waals surface area contributed by atoms with Gasteiger partial charge in [-0.05, 0) is 17.7 Å². The van der Waals surface area contributed by atoms with Crippen LogP contribution in [0.4, 0.5) is 0 Å². The zero-order valence-corrected chi connectivity index (χ0v) is 11.3. The second kappa shape index (κ2) is 5.20. The number of hydrogen-bond acceptors (Lipinski definition) is 3. The second-order valence-corrected chi connectivity index (χ2v) is 5.18. The number of nitrogens with zero attached hydrogens (tertiary/aromatic N) is 3. The lowest BCUT2D eigenvalue weighted by molar-refractivity contribution is 0.889. The van der Waals surface area contributed by atoms with E-state index in [1.807, 2.05) is 49.5 Å². The van der Waals surface area contributed by atoms with Gasteiger partial charge in [0.05, 0.1) is 16.4 Å². The van der Waals surface area contributed by atoms with Gasteiger partial charge in [0.2, 0.25) is 4.80 Å². The van der Waals surface area contributed by atoms with Crippen molar-refractivity contribution in [3.63, 3.8) is 0 Å². The third kappa shape index (κ3) is 2.48. The molecule has 1 aromatic heterocycles. The molecule has 3 rings (SSSR count). The average Bonchev–Trinajstić information content (AvgIpc) is 2.78. The highest BCUT2D eigenvalue weighted by Crippen LogP contribution is 2.14. The van der Waals surface area contributed by atoms with Crippen LogP contribution in [-0.2, 0) is 7.05 Å². The summed E-state index contributed by atoms with van der Waals surface area (Å²) in [6.45, 7) is 0. The smallest absolute Gasteiger partial charge is 0.211 e. The fourth-order valence-electron chi connectivity index (χ4n) is 1.86. The zero-order valence-electron chi connectivity index (χ0n) is 10.5. The topological polar surface area (TPSA) is 29.6 Å². The molecule has 4 heteroatoms. The fourth-order valence-corrected chi connectivity index (χ4v) is 2.84. The molecule has 94 valence electrons. The molecule has 0 bridgehead atoms. The van der Waals surface area contributed by atoms with E-state index in [-0.39, 0.29) is 0 Å². The first kappa shape index (κ1) is 11.9. The summed E-state index contributed by atoms with van der Waals surface area (Å²) in [6.07, 6.45) is 1.77. The highest BCUT2D eigenvalue weighted by Gasteiger charge is 2.00. The van der Waals surface area contributed by atoms with E-state index in [9.17, 15) is 0 Å². The van der Waals surface area contributed by atoms with Crippen molar-refractivity contribution < 1.29 is 0 Å². The summed E-state index contributed by atoms with van der Waals surface area (Å²) in [5.74, 6) is 0. The summed E-state index contributed by atoms with van der Waals surface area (Å²) in [7, 11) is 2.01. The molecular formula is C15H13N3S. The molecular weight excluding hydrogens is 254 g/mol. The molecule has 0 unspecified atom stereocenters. The number of fused-ring (bicyclic) bond motifs is 1. The number of aromatic nitrogens is 1. The number of hydrogen-bond donors (Lipinski definition) is 0. The van der Waals surface area contributed by atoms with Gasteiger partial charge >= 0.3 is 0 Å². The normalized spacial score (nSPS) is 12.6. The van der Waals surface area contributed by atoms with E-state index in [1.165, 1.54) is 10.2 Å². The SMILES string of the molecule is Cn1/c(=N\N=C\c2ccccc2)sc2ccccc21. The first-order chi connectivity index (χ1) is 9.34. The Hall–Kier alpha value is -2.20. The van der Waals surface area contributed by atoms with E-state index in [4.69, 9.17) is 0 Å². The maximum Gasteiger partial charge on any atom is 0.211 e. The highest BCUT2D eigenvalue weighted by atomic mass is 32.1. The molecule has 1 heterocycles. The molecule has 0 fully saturated rings. The first-order valence-corrected chi connectivity index (χ1v) is 6.83. The molecule has 0 atom stereocenters. The van der Waals surface area contributed by atoms with Gasteiger partial charge < -0.3 is 4.57 Å². The van der Waals surface area contributed by atoms with Gasteiger partial charge in [-0.25, -0.2) is 0 Å². The molecule has 3 aromatic rings. The molecule has 3 nitrogen and oxygen atoms in total. The van der Waals surface area contributed by atoms with Gasteiger partial charge in [0.15, 0.2) is 0 Å². The van der Waals surface area contributed by atoms with Crippen molar-refractivity contribution in [2.24, 2.45) is 17.3 Å². The van der Waals surface area contributed by atoms with Crippen LogP contribution in [0.3, 0.4) is 0 Å². The summed E-state index contributed by atoms with van der Waals surface area (Å²) in [6, 6.07) is 18.2. The van der Waals surface area contributed by atoms with Gasteiger partial charge in [-0.15, -0.1) is 5.10 Å². The van der Waals surface area contributed by atoms with Crippen LogP contribution >= 0.6 is 11.3 Å². The lowest BCUT2D eigenvalue weighted by atomic mass is 10.2. The Morgan fingerprint density at radius 3 is 2.53 bits per heavy atom. The fraction of sp³-hybridized carbons (Fsp3) is 0.0667. The van der Waals surface area contributed by atoms with E-state index >= 15 is 0 Å². The van der Waals surface area contributed by atoms with Crippen molar-refractivity contribution in [2.75, 3.05) is 0 Å². The summed E-state index contributed by atoms with van der Waals surface area (Å²) < 4.78 is 3.28. The maximum absolute atomic E-state index is 4.29. The minimum absolute atomic E-state index is 0.897. The molecule has 0 aliphatic carbocycles. The molecule has 0 aliphatic rings. The molecule has 19 heavy (non-hydrogen) atoms. The lowest BCUT2D eigenvalue weighted by Gasteiger charge is -1.92. The maximum atomic E-state index is 4.29. The monoisotopic (exact) mass is 267 g/mol. The summed E-state index contributed by atoms with van der Waals surface area (Å²) >= 11 is 1.64. The van der Waals surface area contributed by atoms with Gasteiger partial charge in [-0.2, -0.15) is 5.10 Å². The van der Waals surface area contributed by atoms with Crippen molar-refractivity contribution >= 4 is 27.8 Å². The van der Waals surface area contributed by atoms with Crippen LogP contribution < -0.4 is 4.80 Å². The Kier molecular flexibility index (Phi) is 3.25. The van der Waals surface area contributed by atoms with Crippen LogP contribution in [-0.4, -0.2) is 10.8 Å². The van der Waals surface area contributed by atoms with Crippen molar-refractivity contribution in [2.45, 2.75) is 0 Å². The van der Waals surface area contributed by atoms with Gasteiger partial charge in [0.1, 0.15) is 0 Å². The van der Waals surface area contributed by atoms with E-state index in [0.29, 0.717) is 0 Å². The summed E-state index contributed by atoms with van der Waals surface area (Å²) in [5, 5.41) is 8.45. The molecule has 0 amide bonds. The molecule has 0 saturated carbocycles. The summed E-state index contributed by atoms with van der Waals surface area (Å²) in [5.41, 5.74) is 2.23. The third-order valence-electron chi connectivity index (χ3n) is 2.86. The summed E-state index contributed by atoms with van der Waals surface area (Å²) in [4.78, 5) is 0.897. The minimum atomic E-state index is 0.897. The van der Waals surface area contributed by atoms with E-state index in [2.05, 4.69) is 26.9 Å². The Labute approximate surface area is 115 Å². The average molecular weight is 267 g/mol. The van der Waals surface area contributed by atoms with Gasteiger partial charge in [-0.1, -0.05) is 53.8 Å². The van der Waals surface area contributed by atoms with Crippen molar-refractivity contribution in [3.05, 3.63) is 65.0 Å². The highest BCUT2D eigenvalue weighted by molar-refractivity contribution is 7.16. The zero-order chi connectivity index (χ0) is 13.1. The number of benzene rings is 2. The molecule has 0 N–H and O–H groups in total. The Balaban J connectivity index is 1.98. The van der Waals surface area contributed by atoms with Crippen LogP contribution in [0, 0.1) is 0 Å². The standard InChI is InChI=1S/C15H13N3S/c1-18-13-9-5-6-10-14(13)19-15(18)17-16-11-12-7-3-2-4-8-12/h2-11H,1H3/b16-11+,17-15+. The second-order valence-electron chi connectivity index (χ2n) is 4.17. The van der Waals surface area contributed by atoms with Gasteiger partial charge in [0, 0.05) is 7.05 Å². The Bertz CT molecular complexity index is 782. The van der Waals surface area contributed by atoms with Crippen LogP contribution in [0.25, 0.3) is 10.2 Å². The van der Waals surface area contributed by atoms with Crippen LogP contribution in [0.5, 0.6) is 0 Å². The molecule has 0 aliphatic heterocycles. The predicted molar refractivity (Wildman–Crippen MR) is 80.4 cm³/mol. The van der Waals surface area contributed by atoms with E-state index in [1.54, 1.807) is 17.6 Å². The molecule has 0 radical (unpaired) electrons. The van der Waals surface area contributed by atoms with Crippen LogP contribution in [0.15, 0.2) is 64.8 Å². The first-order valence-electron chi connectivity index (χ1n) is 6.01. The van der Waals surface area contributed by atoms with E-state index in [0.717, 1.165) is 10.4 Å². The van der Waals surface area contributed by atoms with Gasteiger partial charge in [-0.3, -0.25) is 0 Å². The third-order valence-corrected chi connectivity index (χ3v) is 3.97. The van der Waals surface area contributed by atoms with Crippen molar-refractivity contribution in [3.8, 4) is 0 Å². The Morgan fingerprint density at radius 1 is 1.00 bits per heavy atom. The van der Waals surface area contributed by atoms with Crippen LogP contribution in [0.2, 0.25) is 0 Å². The van der Waals surface area contributed by atoms with Crippen molar-refractivity contribution in [1.29, 1.82) is 0 Å². The largest absolute Gasteiger partial charge is 0.318 e. The van der Waals surface area contributed by atoms with Gasteiger partial charge in [0.25, 0.3) is 0 Å². The number of thiazole rings is 1. The minimum Gasteiger partial charge on any atom is -0.318 e. The molecule has 0 saturated heterocycles. The molecule has 0 spiro atoms. The lowest BCUT2D eigenvalue weighted by Crippen LogP contribution is -2.08. The predicted octanol–water partition coefficient (Wildman–Crippen LogP) is 3.17. The quantitative estimate of drug-likeness (QED) is 0.504. The van der Waals surface area contributed by atoms with E-state index < -0.39 is 0 Å². The number of para-hydroxylation sites is 1.